The van der Waals surface area contributed by atoms with Crippen LogP contribution >= 0.6 is 11.6 Å². The van der Waals surface area contributed by atoms with E-state index in [1.54, 1.807) is 25.1 Å². The van der Waals surface area contributed by atoms with Crippen LogP contribution in [0.2, 0.25) is 5.02 Å². The Bertz CT molecular complexity index is 1230. The maximum absolute atomic E-state index is 13.6. The van der Waals surface area contributed by atoms with Crippen molar-refractivity contribution in [1.82, 2.24) is 14.5 Å². The van der Waals surface area contributed by atoms with Gasteiger partial charge in [-0.05, 0) is 58.0 Å². The Labute approximate surface area is 171 Å². The van der Waals surface area contributed by atoms with Crippen molar-refractivity contribution < 1.29 is 9.18 Å². The second kappa shape index (κ2) is 7.83. The summed E-state index contributed by atoms with van der Waals surface area (Å²) in [6, 6.07) is 7.68. The van der Waals surface area contributed by atoms with E-state index in [0.717, 1.165) is 16.2 Å². The highest BCUT2D eigenvalue weighted by atomic mass is 35.5. The molecule has 0 saturated heterocycles. The van der Waals surface area contributed by atoms with Crippen molar-refractivity contribution in [3.8, 4) is 5.69 Å². The zero-order chi connectivity index (χ0) is 21.5. The summed E-state index contributed by atoms with van der Waals surface area (Å²) in [6.07, 6.45) is 0. The van der Waals surface area contributed by atoms with E-state index in [0.29, 0.717) is 5.52 Å². The van der Waals surface area contributed by atoms with Crippen molar-refractivity contribution in [1.29, 1.82) is 0 Å². The van der Waals surface area contributed by atoms with Crippen LogP contribution in [0, 0.1) is 12.7 Å². The molecular formula is C21H21ClFN3O3. The number of rotatable bonds is 4. The van der Waals surface area contributed by atoms with Gasteiger partial charge in [0.05, 0.1) is 21.6 Å². The standard InChI is InChI=1S/C21H21ClFN3O3/c1-11(2)24-19(27)13(4)25-18-8-5-12(3)9-15(18)20(28)26(21(25)29)14-6-7-17(23)16(22)10-14/h5-11,13H,1-4H3,(H,24,27)/t13-/m0/s1. The number of amides is 1. The van der Waals surface area contributed by atoms with Gasteiger partial charge in [-0.3, -0.25) is 14.2 Å². The number of benzene rings is 2. The fourth-order valence-electron chi connectivity index (χ4n) is 3.20. The molecule has 0 spiro atoms. The summed E-state index contributed by atoms with van der Waals surface area (Å²) in [6.45, 7) is 7.04. The molecule has 0 saturated carbocycles. The Balaban J connectivity index is 2.39. The van der Waals surface area contributed by atoms with E-state index in [-0.39, 0.29) is 28.0 Å². The molecule has 1 heterocycles. The Morgan fingerprint density at radius 1 is 1.10 bits per heavy atom. The SMILES string of the molecule is Cc1ccc2c(c1)c(=O)n(-c1ccc(F)c(Cl)c1)c(=O)n2[C@@H](C)C(=O)NC(C)C. The van der Waals surface area contributed by atoms with E-state index in [9.17, 15) is 18.8 Å². The topological polar surface area (TPSA) is 73.1 Å². The minimum absolute atomic E-state index is 0.115. The molecule has 29 heavy (non-hydrogen) atoms. The largest absolute Gasteiger partial charge is 0.352 e. The number of nitrogens with zero attached hydrogens (tertiary/aromatic N) is 2. The molecule has 0 aliphatic rings. The smallest absolute Gasteiger partial charge is 0.336 e. The number of fused-ring (bicyclic) bond motifs is 1. The molecule has 152 valence electrons. The summed E-state index contributed by atoms with van der Waals surface area (Å²) < 4.78 is 15.8. The summed E-state index contributed by atoms with van der Waals surface area (Å²) in [5.41, 5.74) is 0.0220. The summed E-state index contributed by atoms with van der Waals surface area (Å²) >= 11 is 5.86. The number of hydrogen-bond donors (Lipinski definition) is 1. The van der Waals surface area contributed by atoms with Crippen LogP contribution in [0.25, 0.3) is 16.6 Å². The molecule has 0 bridgehead atoms. The lowest BCUT2D eigenvalue weighted by Gasteiger charge is -2.21. The van der Waals surface area contributed by atoms with Gasteiger partial charge in [0.2, 0.25) is 5.91 Å². The summed E-state index contributed by atoms with van der Waals surface area (Å²) in [4.78, 5) is 39.1. The predicted octanol–water partition coefficient (Wildman–Crippen LogP) is 3.34. The van der Waals surface area contributed by atoms with Crippen LogP contribution in [0.1, 0.15) is 32.4 Å². The number of hydrogen-bond acceptors (Lipinski definition) is 3. The molecule has 1 aromatic heterocycles. The van der Waals surface area contributed by atoms with Crippen LogP contribution < -0.4 is 16.6 Å². The molecule has 6 nitrogen and oxygen atoms in total. The maximum atomic E-state index is 13.6. The normalized spacial score (nSPS) is 12.4. The summed E-state index contributed by atoms with van der Waals surface area (Å²) in [5.74, 6) is -1.02. The van der Waals surface area contributed by atoms with Gasteiger partial charge in [-0.1, -0.05) is 23.2 Å². The number of halogens is 2. The highest BCUT2D eigenvalue weighted by molar-refractivity contribution is 6.30. The van der Waals surface area contributed by atoms with Gasteiger partial charge in [-0.25, -0.2) is 13.8 Å². The molecule has 3 aromatic rings. The summed E-state index contributed by atoms with van der Waals surface area (Å²) in [5, 5.41) is 2.84. The van der Waals surface area contributed by atoms with Crippen LogP contribution in [0.4, 0.5) is 4.39 Å². The molecule has 3 rings (SSSR count). The fraction of sp³-hybridized carbons (Fsp3) is 0.286. The van der Waals surface area contributed by atoms with Crippen LogP contribution in [-0.4, -0.2) is 21.1 Å². The number of carbonyl (C=O) groups is 1. The molecule has 1 amide bonds. The average Bonchev–Trinajstić information content (AvgIpc) is 2.64. The number of carbonyl (C=O) groups excluding carboxylic acids is 1. The molecule has 1 N–H and O–H groups in total. The van der Waals surface area contributed by atoms with Gasteiger partial charge in [-0.2, -0.15) is 0 Å². The van der Waals surface area contributed by atoms with Crippen molar-refractivity contribution in [2.24, 2.45) is 0 Å². The third-order valence-corrected chi connectivity index (χ3v) is 4.89. The number of aromatic nitrogens is 2. The molecule has 1 atom stereocenters. The van der Waals surface area contributed by atoms with Crippen molar-refractivity contribution in [2.75, 3.05) is 0 Å². The quantitative estimate of drug-likeness (QED) is 0.707. The van der Waals surface area contributed by atoms with Gasteiger partial charge in [0.1, 0.15) is 11.9 Å². The van der Waals surface area contributed by atoms with E-state index >= 15 is 0 Å². The predicted molar refractivity (Wildman–Crippen MR) is 111 cm³/mol. The first-order valence-corrected chi connectivity index (χ1v) is 9.53. The minimum Gasteiger partial charge on any atom is -0.352 e. The molecule has 0 aliphatic heterocycles. The Morgan fingerprint density at radius 3 is 2.41 bits per heavy atom. The Morgan fingerprint density at radius 2 is 1.79 bits per heavy atom. The van der Waals surface area contributed by atoms with Crippen LogP contribution in [0.3, 0.4) is 0 Å². The van der Waals surface area contributed by atoms with Crippen molar-refractivity contribution in [3.05, 3.63) is 73.6 Å². The first kappa shape index (κ1) is 20.8. The van der Waals surface area contributed by atoms with Gasteiger partial charge < -0.3 is 5.32 Å². The molecule has 0 aliphatic carbocycles. The highest BCUT2D eigenvalue weighted by Gasteiger charge is 2.23. The highest BCUT2D eigenvalue weighted by Crippen LogP contribution is 2.20. The van der Waals surface area contributed by atoms with Gasteiger partial charge in [0.15, 0.2) is 0 Å². The van der Waals surface area contributed by atoms with Crippen LogP contribution in [-0.2, 0) is 4.79 Å². The second-order valence-corrected chi connectivity index (χ2v) is 7.66. The molecule has 8 heteroatoms. The van der Waals surface area contributed by atoms with Gasteiger partial charge in [0, 0.05) is 6.04 Å². The van der Waals surface area contributed by atoms with Crippen LogP contribution in [0.5, 0.6) is 0 Å². The Hall–Kier alpha value is -2.93. The third kappa shape index (κ3) is 3.82. The van der Waals surface area contributed by atoms with E-state index in [4.69, 9.17) is 11.6 Å². The lowest BCUT2D eigenvalue weighted by atomic mass is 10.1. The van der Waals surface area contributed by atoms with Crippen molar-refractivity contribution in [3.63, 3.8) is 0 Å². The monoisotopic (exact) mass is 417 g/mol. The number of aryl methyl sites for hydroxylation is 1. The number of nitrogens with one attached hydrogen (secondary N) is 1. The molecule has 0 radical (unpaired) electrons. The van der Waals surface area contributed by atoms with Gasteiger partial charge >= 0.3 is 5.69 Å². The Kier molecular flexibility index (Phi) is 5.61. The molecular weight excluding hydrogens is 397 g/mol. The van der Waals surface area contributed by atoms with E-state index < -0.39 is 23.1 Å². The zero-order valence-corrected chi connectivity index (χ0v) is 17.2. The van der Waals surface area contributed by atoms with Crippen LogP contribution in [0.15, 0.2) is 46.0 Å². The van der Waals surface area contributed by atoms with E-state index in [2.05, 4.69) is 5.32 Å². The molecule has 0 unspecified atom stereocenters. The third-order valence-electron chi connectivity index (χ3n) is 4.60. The first-order chi connectivity index (χ1) is 13.6. The molecule has 2 aromatic carbocycles. The van der Waals surface area contributed by atoms with E-state index in [1.165, 1.54) is 16.7 Å². The first-order valence-electron chi connectivity index (χ1n) is 9.15. The van der Waals surface area contributed by atoms with Crippen molar-refractivity contribution in [2.45, 2.75) is 39.8 Å². The average molecular weight is 418 g/mol. The maximum Gasteiger partial charge on any atom is 0.336 e. The van der Waals surface area contributed by atoms with Gasteiger partial charge in [0.25, 0.3) is 5.56 Å². The lowest BCUT2D eigenvalue weighted by molar-refractivity contribution is -0.124. The van der Waals surface area contributed by atoms with E-state index in [1.807, 2.05) is 20.8 Å². The lowest BCUT2D eigenvalue weighted by Crippen LogP contribution is -2.44. The van der Waals surface area contributed by atoms with Crippen molar-refractivity contribution >= 4 is 28.4 Å². The second-order valence-electron chi connectivity index (χ2n) is 7.25. The molecule has 0 fully saturated rings. The van der Waals surface area contributed by atoms with Gasteiger partial charge in [-0.15, -0.1) is 0 Å². The fourth-order valence-corrected chi connectivity index (χ4v) is 3.37. The summed E-state index contributed by atoms with van der Waals surface area (Å²) in [7, 11) is 0. The minimum atomic E-state index is -0.877. The zero-order valence-electron chi connectivity index (χ0n) is 16.5.